The van der Waals surface area contributed by atoms with Gasteiger partial charge >= 0.3 is 0 Å². The van der Waals surface area contributed by atoms with E-state index < -0.39 is 0 Å². The van der Waals surface area contributed by atoms with Crippen LogP contribution >= 0.6 is 0 Å². The molecular formula is C19H22N2O2. The maximum Gasteiger partial charge on any atom is 0.223 e. The topological polar surface area (TPSA) is 64.4 Å². The van der Waals surface area contributed by atoms with Crippen LogP contribution < -0.4 is 15.8 Å². The number of nitrogens with two attached hydrogens (primary N) is 1. The van der Waals surface area contributed by atoms with Crippen LogP contribution in [0.4, 0.5) is 0 Å². The molecule has 1 fully saturated rings. The van der Waals surface area contributed by atoms with Crippen LogP contribution in [0.1, 0.15) is 24.8 Å². The minimum atomic E-state index is 0.0637. The highest BCUT2D eigenvalue weighted by Gasteiger charge is 2.27. The van der Waals surface area contributed by atoms with E-state index in [4.69, 9.17) is 10.5 Å². The van der Waals surface area contributed by atoms with Gasteiger partial charge in [-0.1, -0.05) is 30.3 Å². The van der Waals surface area contributed by atoms with Crippen LogP contribution in [0.25, 0.3) is 0 Å². The molecule has 3 N–H and O–H groups in total. The average Bonchev–Trinajstić information content (AvgIpc) is 3.01. The van der Waals surface area contributed by atoms with E-state index in [0.29, 0.717) is 6.54 Å². The number of hydrogen-bond acceptors (Lipinski definition) is 3. The van der Waals surface area contributed by atoms with Crippen LogP contribution in [0.3, 0.4) is 0 Å². The summed E-state index contributed by atoms with van der Waals surface area (Å²) in [5, 5.41) is 3.00. The van der Waals surface area contributed by atoms with Gasteiger partial charge in [0.1, 0.15) is 11.5 Å². The molecule has 0 aromatic heterocycles. The molecule has 2 unspecified atom stereocenters. The zero-order valence-corrected chi connectivity index (χ0v) is 13.1. The quantitative estimate of drug-likeness (QED) is 0.891. The summed E-state index contributed by atoms with van der Waals surface area (Å²) in [6.07, 6.45) is 2.63. The number of amides is 1. The predicted molar refractivity (Wildman–Crippen MR) is 90.1 cm³/mol. The van der Waals surface area contributed by atoms with E-state index in [1.807, 2.05) is 54.6 Å². The standard InChI is InChI=1S/C19H22N2O2/c20-16-10-9-15(12-16)19(22)21-13-14-5-4-8-18(11-14)23-17-6-2-1-3-7-17/h1-8,11,15-16H,9-10,12-13,20H2,(H,21,22). The summed E-state index contributed by atoms with van der Waals surface area (Å²) in [7, 11) is 0. The maximum absolute atomic E-state index is 12.1. The lowest BCUT2D eigenvalue weighted by Gasteiger charge is -2.12. The Balaban J connectivity index is 1.56. The zero-order chi connectivity index (χ0) is 16.1. The van der Waals surface area contributed by atoms with Crippen molar-refractivity contribution < 1.29 is 9.53 Å². The molecule has 1 amide bonds. The van der Waals surface area contributed by atoms with Crippen LogP contribution in [0.15, 0.2) is 54.6 Å². The molecule has 0 bridgehead atoms. The van der Waals surface area contributed by atoms with E-state index in [-0.39, 0.29) is 17.9 Å². The number of hydrogen-bond donors (Lipinski definition) is 2. The lowest BCUT2D eigenvalue weighted by Crippen LogP contribution is -2.29. The van der Waals surface area contributed by atoms with E-state index in [2.05, 4.69) is 5.32 Å². The van der Waals surface area contributed by atoms with Crippen molar-refractivity contribution in [1.29, 1.82) is 0 Å². The molecule has 0 radical (unpaired) electrons. The molecule has 0 aliphatic heterocycles. The Morgan fingerprint density at radius 1 is 1.09 bits per heavy atom. The summed E-state index contributed by atoms with van der Waals surface area (Å²) >= 11 is 0. The lowest BCUT2D eigenvalue weighted by molar-refractivity contribution is -0.125. The normalized spacial score (nSPS) is 20.2. The van der Waals surface area contributed by atoms with Gasteiger partial charge in [-0.15, -0.1) is 0 Å². The van der Waals surface area contributed by atoms with Gasteiger partial charge in [0.05, 0.1) is 0 Å². The molecule has 2 aromatic carbocycles. The molecule has 120 valence electrons. The first-order chi connectivity index (χ1) is 11.2. The Bertz CT molecular complexity index is 657. The van der Waals surface area contributed by atoms with Crippen molar-refractivity contribution in [3.05, 3.63) is 60.2 Å². The summed E-state index contributed by atoms with van der Waals surface area (Å²) in [5.74, 6) is 1.74. The fourth-order valence-electron chi connectivity index (χ4n) is 2.93. The summed E-state index contributed by atoms with van der Waals surface area (Å²) < 4.78 is 5.81. The van der Waals surface area contributed by atoms with Gasteiger partial charge in [-0.25, -0.2) is 0 Å². The van der Waals surface area contributed by atoms with Crippen molar-refractivity contribution in [3.8, 4) is 11.5 Å². The van der Waals surface area contributed by atoms with E-state index >= 15 is 0 Å². The SMILES string of the molecule is NC1CCC(C(=O)NCc2cccc(Oc3ccccc3)c2)C1. The molecule has 0 saturated heterocycles. The fourth-order valence-corrected chi connectivity index (χ4v) is 2.93. The fraction of sp³-hybridized carbons (Fsp3) is 0.316. The van der Waals surface area contributed by atoms with Gasteiger partial charge in [0.25, 0.3) is 0 Å². The number of nitrogens with one attached hydrogen (secondary N) is 1. The molecule has 2 aromatic rings. The Kier molecular flexibility index (Phi) is 4.93. The van der Waals surface area contributed by atoms with Gasteiger partial charge in [0, 0.05) is 18.5 Å². The highest BCUT2D eigenvalue weighted by molar-refractivity contribution is 5.79. The van der Waals surface area contributed by atoms with Crippen molar-refractivity contribution in [2.24, 2.45) is 11.7 Å². The van der Waals surface area contributed by atoms with Crippen molar-refractivity contribution in [1.82, 2.24) is 5.32 Å². The van der Waals surface area contributed by atoms with Crippen LogP contribution in [-0.4, -0.2) is 11.9 Å². The number of para-hydroxylation sites is 1. The van der Waals surface area contributed by atoms with Crippen LogP contribution in [0.5, 0.6) is 11.5 Å². The first-order valence-electron chi connectivity index (χ1n) is 8.06. The first kappa shape index (κ1) is 15.6. The van der Waals surface area contributed by atoms with Gasteiger partial charge < -0.3 is 15.8 Å². The third-order valence-electron chi connectivity index (χ3n) is 4.19. The number of carbonyl (C=O) groups is 1. The number of ether oxygens (including phenoxy) is 1. The second kappa shape index (κ2) is 7.29. The summed E-state index contributed by atoms with van der Waals surface area (Å²) in [6.45, 7) is 0.510. The van der Waals surface area contributed by atoms with E-state index in [1.54, 1.807) is 0 Å². The molecule has 0 heterocycles. The molecule has 4 heteroatoms. The molecule has 4 nitrogen and oxygen atoms in total. The van der Waals surface area contributed by atoms with E-state index in [0.717, 1.165) is 36.3 Å². The molecule has 1 saturated carbocycles. The van der Waals surface area contributed by atoms with Crippen molar-refractivity contribution >= 4 is 5.91 Å². The monoisotopic (exact) mass is 310 g/mol. The number of benzene rings is 2. The minimum Gasteiger partial charge on any atom is -0.457 e. The largest absolute Gasteiger partial charge is 0.457 e. The average molecular weight is 310 g/mol. The van der Waals surface area contributed by atoms with Gasteiger partial charge in [0.2, 0.25) is 5.91 Å². The second-order valence-electron chi connectivity index (χ2n) is 6.05. The Hall–Kier alpha value is -2.33. The third-order valence-corrected chi connectivity index (χ3v) is 4.19. The Labute approximate surface area is 136 Å². The van der Waals surface area contributed by atoms with Gasteiger partial charge in [0.15, 0.2) is 0 Å². The van der Waals surface area contributed by atoms with Crippen LogP contribution in [0.2, 0.25) is 0 Å². The summed E-state index contributed by atoms with van der Waals surface area (Å²) in [5.41, 5.74) is 6.89. The third kappa shape index (κ3) is 4.33. The molecule has 1 aliphatic carbocycles. The molecule has 1 aliphatic rings. The first-order valence-corrected chi connectivity index (χ1v) is 8.06. The number of rotatable bonds is 5. The smallest absolute Gasteiger partial charge is 0.223 e. The van der Waals surface area contributed by atoms with Gasteiger partial charge in [-0.05, 0) is 49.1 Å². The summed E-state index contributed by atoms with van der Waals surface area (Å²) in [6, 6.07) is 17.6. The molecule has 3 rings (SSSR count). The molecule has 23 heavy (non-hydrogen) atoms. The van der Waals surface area contributed by atoms with Crippen molar-refractivity contribution in [2.45, 2.75) is 31.8 Å². The van der Waals surface area contributed by atoms with Crippen LogP contribution in [-0.2, 0) is 11.3 Å². The Morgan fingerprint density at radius 3 is 2.61 bits per heavy atom. The highest BCUT2D eigenvalue weighted by atomic mass is 16.5. The molecular weight excluding hydrogens is 288 g/mol. The molecule has 2 atom stereocenters. The second-order valence-corrected chi connectivity index (χ2v) is 6.05. The van der Waals surface area contributed by atoms with Crippen molar-refractivity contribution in [2.75, 3.05) is 0 Å². The maximum atomic E-state index is 12.1. The van der Waals surface area contributed by atoms with E-state index in [1.165, 1.54) is 0 Å². The Morgan fingerprint density at radius 2 is 1.87 bits per heavy atom. The molecule has 0 spiro atoms. The van der Waals surface area contributed by atoms with Gasteiger partial charge in [-0.3, -0.25) is 4.79 Å². The predicted octanol–water partition coefficient (Wildman–Crippen LogP) is 3.22. The van der Waals surface area contributed by atoms with Crippen LogP contribution in [0, 0.1) is 5.92 Å². The highest BCUT2D eigenvalue weighted by Crippen LogP contribution is 2.25. The lowest BCUT2D eigenvalue weighted by atomic mass is 10.1. The van der Waals surface area contributed by atoms with E-state index in [9.17, 15) is 4.79 Å². The summed E-state index contributed by atoms with van der Waals surface area (Å²) in [4.78, 5) is 12.1. The zero-order valence-electron chi connectivity index (χ0n) is 13.1. The minimum absolute atomic E-state index is 0.0637. The van der Waals surface area contributed by atoms with Crippen molar-refractivity contribution in [3.63, 3.8) is 0 Å². The number of carbonyl (C=O) groups excluding carboxylic acids is 1. The van der Waals surface area contributed by atoms with Gasteiger partial charge in [-0.2, -0.15) is 0 Å².